The quantitative estimate of drug-likeness (QED) is 0.540. The molecule has 3 saturated carbocycles. The number of fused-ring (bicyclic) bond motifs is 4. The van der Waals surface area contributed by atoms with E-state index in [2.05, 4.69) is 6.92 Å². The van der Waals surface area contributed by atoms with Crippen LogP contribution in [0, 0.1) is 28.6 Å². The Morgan fingerprint density at radius 1 is 1.00 bits per heavy atom. The van der Waals surface area contributed by atoms with Crippen molar-refractivity contribution in [2.24, 2.45) is 28.6 Å². The van der Waals surface area contributed by atoms with E-state index in [-0.39, 0.29) is 10.8 Å². The van der Waals surface area contributed by atoms with Crippen LogP contribution >= 0.6 is 0 Å². The first-order valence-corrected chi connectivity index (χ1v) is 10.3. The first kappa shape index (κ1) is 16.5. The van der Waals surface area contributed by atoms with E-state index in [4.69, 9.17) is 9.47 Å². The Labute approximate surface area is 151 Å². The topological polar surface area (TPSA) is 35.5 Å². The molecule has 5 aliphatic carbocycles. The Bertz CT molecular complexity index is 640. The van der Waals surface area contributed by atoms with Crippen LogP contribution in [0.1, 0.15) is 71.1 Å². The minimum Gasteiger partial charge on any atom is -0.353 e. The summed E-state index contributed by atoms with van der Waals surface area (Å²) in [7, 11) is 3.57. The highest BCUT2D eigenvalue weighted by molar-refractivity contribution is 5.95. The van der Waals surface area contributed by atoms with Gasteiger partial charge in [0, 0.05) is 37.9 Å². The van der Waals surface area contributed by atoms with Gasteiger partial charge in [-0.1, -0.05) is 18.1 Å². The number of carbonyl (C=O) groups is 1. The van der Waals surface area contributed by atoms with Gasteiger partial charge in [-0.25, -0.2) is 0 Å². The summed E-state index contributed by atoms with van der Waals surface area (Å²) in [5.74, 6) is 2.38. The van der Waals surface area contributed by atoms with Gasteiger partial charge in [0.05, 0.1) is 0 Å². The smallest absolute Gasteiger partial charge is 0.171 e. The monoisotopic (exact) mass is 344 g/mol. The van der Waals surface area contributed by atoms with Crippen LogP contribution in [-0.4, -0.2) is 25.8 Å². The van der Waals surface area contributed by atoms with E-state index >= 15 is 0 Å². The van der Waals surface area contributed by atoms with Gasteiger partial charge in [0.2, 0.25) is 0 Å². The van der Waals surface area contributed by atoms with Crippen LogP contribution in [0.4, 0.5) is 0 Å². The summed E-state index contributed by atoms with van der Waals surface area (Å²) in [4.78, 5) is 13.1. The molecule has 0 amide bonds. The summed E-state index contributed by atoms with van der Waals surface area (Å²) in [6.45, 7) is 2.31. The van der Waals surface area contributed by atoms with Gasteiger partial charge in [-0.2, -0.15) is 0 Å². The van der Waals surface area contributed by atoms with E-state index in [0.717, 1.165) is 37.5 Å². The van der Waals surface area contributed by atoms with E-state index < -0.39 is 5.79 Å². The average molecular weight is 344 g/mol. The zero-order valence-electron chi connectivity index (χ0n) is 16.0. The predicted octanol–water partition coefficient (Wildman–Crippen LogP) is 4.65. The zero-order valence-corrected chi connectivity index (χ0v) is 16.0. The van der Waals surface area contributed by atoms with Gasteiger partial charge in [-0.15, -0.1) is 0 Å². The minimum absolute atomic E-state index is 0.00673. The van der Waals surface area contributed by atoms with Crippen LogP contribution in [0.2, 0.25) is 0 Å². The molecule has 0 aromatic heterocycles. The zero-order chi connectivity index (χ0) is 17.4. The maximum Gasteiger partial charge on any atom is 0.171 e. The summed E-state index contributed by atoms with van der Waals surface area (Å²) in [5, 5.41) is 0. The van der Waals surface area contributed by atoms with Crippen molar-refractivity contribution in [3.05, 3.63) is 11.1 Å². The van der Waals surface area contributed by atoms with E-state index in [1.165, 1.54) is 38.5 Å². The van der Waals surface area contributed by atoms with Crippen molar-refractivity contribution in [2.45, 2.75) is 76.9 Å². The number of rotatable bonds is 2. The molecule has 138 valence electrons. The molecule has 0 aliphatic heterocycles. The lowest BCUT2D eigenvalue weighted by atomic mass is 9.54. The molecule has 5 rings (SSSR count). The molecule has 5 aliphatic rings. The van der Waals surface area contributed by atoms with Crippen molar-refractivity contribution in [3.8, 4) is 0 Å². The molecule has 0 aromatic carbocycles. The fourth-order valence-corrected chi connectivity index (χ4v) is 7.30. The predicted molar refractivity (Wildman–Crippen MR) is 96.0 cm³/mol. The Morgan fingerprint density at radius 2 is 1.76 bits per heavy atom. The molecule has 3 nitrogen and oxygen atoms in total. The summed E-state index contributed by atoms with van der Waals surface area (Å²) < 4.78 is 11.5. The van der Waals surface area contributed by atoms with E-state index in [0.29, 0.717) is 11.7 Å². The summed E-state index contributed by atoms with van der Waals surface area (Å²) in [6, 6.07) is 0. The second kappa shape index (κ2) is 5.19. The summed E-state index contributed by atoms with van der Waals surface area (Å²) in [5.41, 5.74) is 3.46. The Balaban J connectivity index is 1.45. The molecule has 3 fully saturated rings. The molecule has 3 heteroatoms. The fraction of sp³-hybridized carbons (Fsp3) is 0.864. The number of ketones is 1. The molecule has 0 aromatic rings. The van der Waals surface area contributed by atoms with Crippen LogP contribution in [0.5, 0.6) is 0 Å². The molecular formula is C22H32O3. The second-order valence-electron chi connectivity index (χ2n) is 9.81. The maximum absolute atomic E-state index is 13.1. The van der Waals surface area contributed by atoms with Crippen molar-refractivity contribution in [1.29, 1.82) is 0 Å². The Hall–Kier alpha value is -0.670. The molecule has 4 atom stereocenters. The largest absolute Gasteiger partial charge is 0.353 e. The third-order valence-corrected chi connectivity index (χ3v) is 8.97. The molecule has 1 spiro atoms. The highest BCUT2D eigenvalue weighted by Crippen LogP contribution is 2.70. The lowest BCUT2D eigenvalue weighted by molar-refractivity contribution is -0.213. The first-order chi connectivity index (χ1) is 12.0. The number of ether oxygens (including phenoxy) is 2. The highest BCUT2D eigenvalue weighted by atomic mass is 16.7. The van der Waals surface area contributed by atoms with Gasteiger partial charge < -0.3 is 9.47 Å². The van der Waals surface area contributed by atoms with Crippen molar-refractivity contribution >= 4 is 5.78 Å². The number of Topliss-reactive ketones (excluding diaryl/α,β-unsaturated/α-hetero) is 1. The van der Waals surface area contributed by atoms with Crippen LogP contribution < -0.4 is 0 Å². The maximum atomic E-state index is 13.1. The van der Waals surface area contributed by atoms with Crippen LogP contribution in [0.3, 0.4) is 0 Å². The Morgan fingerprint density at radius 3 is 2.44 bits per heavy atom. The Kier molecular flexibility index (Phi) is 3.43. The van der Waals surface area contributed by atoms with Crippen molar-refractivity contribution in [2.75, 3.05) is 14.2 Å². The third-order valence-electron chi connectivity index (χ3n) is 8.97. The minimum atomic E-state index is -0.393. The van der Waals surface area contributed by atoms with Crippen molar-refractivity contribution < 1.29 is 14.3 Å². The number of allylic oxidation sites excluding steroid dienone is 1. The van der Waals surface area contributed by atoms with E-state index in [1.54, 1.807) is 25.4 Å². The standard InChI is InChI=1S/C22H32O3/c1-20-8-6-16-15-7-9-22(24-2,25-3)12-14(15)4-5-17(16)18(20)13-21(10-11-21)19(20)23/h16-18H,4-13H2,1-3H3. The molecule has 0 N–H and O–H groups in total. The lowest BCUT2D eigenvalue weighted by Crippen LogP contribution is -2.46. The van der Waals surface area contributed by atoms with Gasteiger partial charge >= 0.3 is 0 Å². The van der Waals surface area contributed by atoms with Crippen LogP contribution in [-0.2, 0) is 14.3 Å². The van der Waals surface area contributed by atoms with E-state index in [1.807, 2.05) is 0 Å². The number of hydrogen-bond donors (Lipinski definition) is 0. The molecule has 4 unspecified atom stereocenters. The van der Waals surface area contributed by atoms with Gasteiger partial charge in [0.25, 0.3) is 0 Å². The molecule has 0 bridgehead atoms. The summed E-state index contributed by atoms with van der Waals surface area (Å²) >= 11 is 0. The lowest BCUT2D eigenvalue weighted by Gasteiger charge is -2.51. The van der Waals surface area contributed by atoms with Crippen molar-refractivity contribution in [3.63, 3.8) is 0 Å². The first-order valence-electron chi connectivity index (χ1n) is 10.3. The highest BCUT2D eigenvalue weighted by Gasteiger charge is 2.68. The molecule has 0 radical (unpaired) electrons. The number of methoxy groups -OCH3 is 2. The molecular weight excluding hydrogens is 312 g/mol. The van der Waals surface area contributed by atoms with Gasteiger partial charge in [0.15, 0.2) is 5.79 Å². The van der Waals surface area contributed by atoms with Crippen molar-refractivity contribution in [1.82, 2.24) is 0 Å². The second-order valence-corrected chi connectivity index (χ2v) is 9.81. The number of carbonyl (C=O) groups excluding carboxylic acids is 1. The average Bonchev–Trinajstić information content (AvgIpc) is 3.39. The van der Waals surface area contributed by atoms with Crippen LogP contribution in [0.25, 0.3) is 0 Å². The van der Waals surface area contributed by atoms with Gasteiger partial charge in [0.1, 0.15) is 5.78 Å². The van der Waals surface area contributed by atoms with Gasteiger partial charge in [-0.3, -0.25) is 4.79 Å². The van der Waals surface area contributed by atoms with Gasteiger partial charge in [-0.05, 0) is 69.1 Å². The number of hydrogen-bond acceptors (Lipinski definition) is 3. The molecule has 0 saturated heterocycles. The van der Waals surface area contributed by atoms with Crippen LogP contribution in [0.15, 0.2) is 11.1 Å². The SMILES string of the molecule is COC1(OC)CCC2=C(CCC3C2CCC2(C)C(=O)C4(CC4)CC32)C1. The fourth-order valence-electron chi connectivity index (χ4n) is 7.30. The third kappa shape index (κ3) is 2.09. The van der Waals surface area contributed by atoms with E-state index in [9.17, 15) is 4.79 Å². The molecule has 25 heavy (non-hydrogen) atoms. The molecule has 0 heterocycles. The summed E-state index contributed by atoms with van der Waals surface area (Å²) in [6.07, 6.45) is 11.4. The normalized spacial score (nSPS) is 43.6.